The predicted octanol–water partition coefficient (Wildman–Crippen LogP) is 2.47. The Balaban J connectivity index is 2.40. The van der Waals surface area contributed by atoms with E-state index in [0.717, 1.165) is 4.57 Å². The number of aryl methyl sites for hydroxylation is 2. The fourth-order valence-corrected chi connectivity index (χ4v) is 3.06. The van der Waals surface area contributed by atoms with Gasteiger partial charge in [-0.05, 0) is 50.1 Å². The lowest BCUT2D eigenvalue weighted by Gasteiger charge is -2.13. The average Bonchev–Trinajstić information content (AvgIpc) is 2.55. The van der Waals surface area contributed by atoms with Crippen LogP contribution in [-0.2, 0) is 4.74 Å². The highest BCUT2D eigenvalue weighted by Gasteiger charge is 2.20. The van der Waals surface area contributed by atoms with Crippen LogP contribution in [0.1, 0.15) is 28.4 Å². The molecule has 0 aliphatic carbocycles. The number of benzene rings is 2. The number of H-pyrrole nitrogens is 1. The summed E-state index contributed by atoms with van der Waals surface area (Å²) in [4.78, 5) is 40.4. The first-order valence-electron chi connectivity index (χ1n) is 7.97. The van der Waals surface area contributed by atoms with Crippen LogP contribution in [0.4, 0.5) is 0 Å². The van der Waals surface area contributed by atoms with E-state index in [1.54, 1.807) is 57.2 Å². The molecule has 0 atom stereocenters. The van der Waals surface area contributed by atoms with Gasteiger partial charge in [0.05, 0.1) is 28.8 Å². The van der Waals surface area contributed by atoms with E-state index in [2.05, 4.69) is 4.98 Å². The summed E-state index contributed by atoms with van der Waals surface area (Å²) in [5, 5.41) is 0.303. The summed E-state index contributed by atoms with van der Waals surface area (Å²) in [5.41, 5.74) is 1.39. The lowest BCUT2D eigenvalue weighted by molar-refractivity contribution is 0.0525. The molecule has 1 aromatic heterocycles. The van der Waals surface area contributed by atoms with Gasteiger partial charge in [0, 0.05) is 0 Å². The maximum atomic E-state index is 13.0. The van der Waals surface area contributed by atoms with E-state index in [4.69, 9.17) is 4.74 Å². The van der Waals surface area contributed by atoms with E-state index in [9.17, 15) is 14.4 Å². The Labute approximate surface area is 143 Å². The zero-order valence-corrected chi connectivity index (χ0v) is 14.3. The second-order valence-electron chi connectivity index (χ2n) is 5.74. The monoisotopic (exact) mass is 338 g/mol. The van der Waals surface area contributed by atoms with Crippen LogP contribution in [0.5, 0.6) is 0 Å². The normalized spacial score (nSPS) is 10.8. The fourth-order valence-electron chi connectivity index (χ4n) is 3.06. The first kappa shape index (κ1) is 16.7. The van der Waals surface area contributed by atoms with Crippen molar-refractivity contribution in [3.8, 4) is 5.69 Å². The van der Waals surface area contributed by atoms with Crippen molar-refractivity contribution in [3.63, 3.8) is 0 Å². The van der Waals surface area contributed by atoms with Crippen molar-refractivity contribution < 1.29 is 9.53 Å². The van der Waals surface area contributed by atoms with Gasteiger partial charge in [-0.2, -0.15) is 0 Å². The summed E-state index contributed by atoms with van der Waals surface area (Å²) < 4.78 is 6.17. The molecule has 0 aliphatic heterocycles. The molecule has 0 radical (unpaired) electrons. The van der Waals surface area contributed by atoms with Gasteiger partial charge in [0.2, 0.25) is 0 Å². The molecule has 3 aromatic rings. The minimum absolute atomic E-state index is 0.246. The summed E-state index contributed by atoms with van der Waals surface area (Å²) in [6.45, 7) is 5.41. The second-order valence-corrected chi connectivity index (χ2v) is 5.74. The van der Waals surface area contributed by atoms with E-state index in [0.29, 0.717) is 33.3 Å². The first-order valence-corrected chi connectivity index (χ1v) is 7.97. The molecular weight excluding hydrogens is 320 g/mol. The van der Waals surface area contributed by atoms with Crippen LogP contribution in [0.3, 0.4) is 0 Å². The summed E-state index contributed by atoms with van der Waals surface area (Å²) in [6.07, 6.45) is 0. The van der Waals surface area contributed by atoms with Crippen LogP contribution in [-0.4, -0.2) is 22.1 Å². The lowest BCUT2D eigenvalue weighted by Crippen LogP contribution is -2.34. The Morgan fingerprint density at radius 2 is 1.84 bits per heavy atom. The molecule has 2 aromatic carbocycles. The Kier molecular flexibility index (Phi) is 4.27. The molecule has 6 nitrogen and oxygen atoms in total. The zero-order chi connectivity index (χ0) is 18.1. The van der Waals surface area contributed by atoms with E-state index in [1.165, 1.54) is 0 Å². The van der Waals surface area contributed by atoms with Crippen LogP contribution in [0.15, 0.2) is 46.0 Å². The van der Waals surface area contributed by atoms with Gasteiger partial charge in [0.15, 0.2) is 0 Å². The molecule has 0 bridgehead atoms. The van der Waals surface area contributed by atoms with E-state index in [-0.39, 0.29) is 6.61 Å². The number of ether oxygens (including phenoxy) is 1. The van der Waals surface area contributed by atoms with Gasteiger partial charge in [0.25, 0.3) is 5.56 Å². The number of carbonyl (C=O) groups excluding carboxylic acids is 1. The van der Waals surface area contributed by atoms with Gasteiger partial charge in [-0.15, -0.1) is 0 Å². The van der Waals surface area contributed by atoms with Gasteiger partial charge < -0.3 is 9.72 Å². The molecule has 1 heterocycles. The van der Waals surface area contributed by atoms with E-state index in [1.807, 2.05) is 0 Å². The molecule has 0 saturated carbocycles. The molecule has 1 N–H and O–H groups in total. The van der Waals surface area contributed by atoms with Gasteiger partial charge in [0.1, 0.15) is 0 Å². The molecule has 0 saturated heterocycles. The number of aromatic nitrogens is 2. The topological polar surface area (TPSA) is 81.2 Å². The van der Waals surface area contributed by atoms with Gasteiger partial charge in [-0.1, -0.05) is 18.2 Å². The van der Waals surface area contributed by atoms with Crippen LogP contribution >= 0.6 is 0 Å². The molecule has 0 unspecified atom stereocenters. The molecule has 25 heavy (non-hydrogen) atoms. The van der Waals surface area contributed by atoms with Crippen LogP contribution in [0.2, 0.25) is 0 Å². The van der Waals surface area contributed by atoms with Crippen LogP contribution in [0.25, 0.3) is 16.6 Å². The molecule has 6 heteroatoms. The molecule has 0 amide bonds. The van der Waals surface area contributed by atoms with E-state index < -0.39 is 17.2 Å². The molecule has 0 spiro atoms. The number of carbonyl (C=O) groups is 1. The maximum absolute atomic E-state index is 13.0. The van der Waals surface area contributed by atoms with Crippen molar-refractivity contribution in [1.82, 2.24) is 9.55 Å². The highest BCUT2D eigenvalue weighted by molar-refractivity contribution is 5.99. The van der Waals surface area contributed by atoms with Crippen molar-refractivity contribution in [2.45, 2.75) is 20.8 Å². The van der Waals surface area contributed by atoms with Crippen molar-refractivity contribution in [3.05, 3.63) is 73.9 Å². The maximum Gasteiger partial charge on any atom is 0.338 e. The number of rotatable bonds is 3. The third-order valence-electron chi connectivity index (χ3n) is 4.13. The van der Waals surface area contributed by atoms with Gasteiger partial charge in [-0.25, -0.2) is 14.2 Å². The predicted molar refractivity (Wildman–Crippen MR) is 95.6 cm³/mol. The summed E-state index contributed by atoms with van der Waals surface area (Å²) >= 11 is 0. The second kappa shape index (κ2) is 6.39. The average molecular weight is 338 g/mol. The number of hydrogen-bond acceptors (Lipinski definition) is 4. The number of esters is 1. The minimum atomic E-state index is -0.522. The van der Waals surface area contributed by atoms with E-state index >= 15 is 0 Å². The quantitative estimate of drug-likeness (QED) is 0.744. The SMILES string of the molecule is CCOC(=O)c1c(C)cc2[nH]c(=O)n(-c3ccccc3)c(=O)c2c1C. The third-order valence-corrected chi connectivity index (χ3v) is 4.13. The minimum Gasteiger partial charge on any atom is -0.462 e. The third kappa shape index (κ3) is 2.76. The Morgan fingerprint density at radius 3 is 2.48 bits per heavy atom. The number of hydrogen-bond donors (Lipinski definition) is 1. The zero-order valence-electron chi connectivity index (χ0n) is 14.3. The number of nitrogens with one attached hydrogen (secondary N) is 1. The number of para-hydroxylation sites is 1. The number of aromatic amines is 1. The summed E-state index contributed by atoms with van der Waals surface area (Å²) in [7, 11) is 0. The summed E-state index contributed by atoms with van der Waals surface area (Å²) in [5.74, 6) is -0.476. The molecule has 3 rings (SSSR count). The van der Waals surface area contributed by atoms with Crippen LogP contribution < -0.4 is 11.2 Å². The molecule has 0 aliphatic rings. The van der Waals surface area contributed by atoms with Gasteiger partial charge in [-0.3, -0.25) is 4.79 Å². The standard InChI is InChI=1S/C19H18N2O4/c1-4-25-18(23)15-11(2)10-14-16(12(15)3)17(22)21(19(24)20-14)13-8-6-5-7-9-13/h5-10H,4H2,1-3H3,(H,20,24). The highest BCUT2D eigenvalue weighted by Crippen LogP contribution is 2.22. The van der Waals surface area contributed by atoms with Crippen molar-refractivity contribution in [2.24, 2.45) is 0 Å². The lowest BCUT2D eigenvalue weighted by atomic mass is 9.98. The van der Waals surface area contributed by atoms with Crippen molar-refractivity contribution >= 4 is 16.9 Å². The molecule has 0 fully saturated rings. The van der Waals surface area contributed by atoms with Crippen molar-refractivity contribution in [2.75, 3.05) is 6.61 Å². The smallest absolute Gasteiger partial charge is 0.338 e. The summed E-state index contributed by atoms with van der Waals surface area (Å²) in [6, 6.07) is 10.3. The van der Waals surface area contributed by atoms with Gasteiger partial charge >= 0.3 is 11.7 Å². The number of nitrogens with zero attached hydrogens (tertiary/aromatic N) is 1. The molecular formula is C19H18N2O4. The van der Waals surface area contributed by atoms with Crippen LogP contribution in [0, 0.1) is 13.8 Å². The fraction of sp³-hybridized carbons (Fsp3) is 0.211. The highest BCUT2D eigenvalue weighted by atomic mass is 16.5. The Morgan fingerprint density at radius 1 is 1.16 bits per heavy atom. The Bertz CT molecular complexity index is 1080. The van der Waals surface area contributed by atoms with Crippen molar-refractivity contribution in [1.29, 1.82) is 0 Å². The number of fused-ring (bicyclic) bond motifs is 1. The molecule has 128 valence electrons. The first-order chi connectivity index (χ1) is 12.0. The Hall–Kier alpha value is -3.15. The largest absolute Gasteiger partial charge is 0.462 e.